The monoisotopic (exact) mass is 351 g/mol. The number of amides is 2. The molecule has 0 bridgehead atoms. The van der Waals surface area contributed by atoms with Gasteiger partial charge in [-0.1, -0.05) is 19.1 Å². The van der Waals surface area contributed by atoms with Gasteiger partial charge >= 0.3 is 0 Å². The molecule has 1 aromatic carbocycles. The van der Waals surface area contributed by atoms with Crippen molar-refractivity contribution in [3.63, 3.8) is 0 Å². The third-order valence-electron chi connectivity index (χ3n) is 5.04. The second-order valence-corrected chi connectivity index (χ2v) is 7.14. The fourth-order valence-electron chi connectivity index (χ4n) is 3.07. The van der Waals surface area contributed by atoms with Crippen molar-refractivity contribution in [2.45, 2.75) is 33.6 Å². The SMILES string of the molecule is Cc1ccc(NC(=O)c2cccc(C(=O)N3CCC(C)CC3)n2)cc1C. The highest BCUT2D eigenvalue weighted by molar-refractivity contribution is 6.03. The predicted molar refractivity (Wildman–Crippen MR) is 102 cm³/mol. The largest absolute Gasteiger partial charge is 0.337 e. The number of hydrogen-bond acceptors (Lipinski definition) is 3. The molecule has 5 heteroatoms. The van der Waals surface area contributed by atoms with E-state index in [1.165, 1.54) is 5.56 Å². The van der Waals surface area contributed by atoms with Crippen LogP contribution in [0.4, 0.5) is 5.69 Å². The number of anilines is 1. The number of hydrogen-bond donors (Lipinski definition) is 1. The molecule has 136 valence electrons. The lowest BCUT2D eigenvalue weighted by molar-refractivity contribution is 0.0691. The fraction of sp³-hybridized carbons (Fsp3) is 0.381. The van der Waals surface area contributed by atoms with Crippen molar-refractivity contribution in [3.8, 4) is 0 Å². The molecule has 1 aliphatic rings. The van der Waals surface area contributed by atoms with Crippen molar-refractivity contribution in [1.82, 2.24) is 9.88 Å². The minimum Gasteiger partial charge on any atom is -0.337 e. The summed E-state index contributed by atoms with van der Waals surface area (Å²) in [4.78, 5) is 31.3. The highest BCUT2D eigenvalue weighted by Crippen LogP contribution is 2.18. The van der Waals surface area contributed by atoms with Crippen LogP contribution < -0.4 is 5.32 Å². The lowest BCUT2D eigenvalue weighted by atomic mass is 9.99. The van der Waals surface area contributed by atoms with Gasteiger partial charge in [-0.05, 0) is 68.0 Å². The van der Waals surface area contributed by atoms with E-state index in [1.54, 1.807) is 18.2 Å². The molecule has 3 rings (SSSR count). The molecule has 2 heterocycles. The number of aryl methyl sites for hydroxylation is 2. The molecule has 5 nitrogen and oxygen atoms in total. The zero-order valence-corrected chi connectivity index (χ0v) is 15.6. The summed E-state index contributed by atoms with van der Waals surface area (Å²) in [6, 6.07) is 10.8. The number of piperidine rings is 1. The van der Waals surface area contributed by atoms with Gasteiger partial charge in [-0.25, -0.2) is 4.98 Å². The summed E-state index contributed by atoms with van der Waals surface area (Å²) in [7, 11) is 0. The number of nitrogens with one attached hydrogen (secondary N) is 1. The van der Waals surface area contributed by atoms with E-state index in [0.717, 1.165) is 37.2 Å². The van der Waals surface area contributed by atoms with Gasteiger partial charge < -0.3 is 10.2 Å². The zero-order chi connectivity index (χ0) is 18.7. The second-order valence-electron chi connectivity index (χ2n) is 7.14. The maximum Gasteiger partial charge on any atom is 0.274 e. The Balaban J connectivity index is 1.72. The van der Waals surface area contributed by atoms with Crippen molar-refractivity contribution in [2.24, 2.45) is 5.92 Å². The summed E-state index contributed by atoms with van der Waals surface area (Å²) < 4.78 is 0. The molecule has 1 aromatic heterocycles. The summed E-state index contributed by atoms with van der Waals surface area (Å²) in [6.45, 7) is 7.74. The summed E-state index contributed by atoms with van der Waals surface area (Å²) in [5, 5.41) is 2.85. The molecule has 2 aromatic rings. The van der Waals surface area contributed by atoms with E-state index < -0.39 is 0 Å². The number of rotatable bonds is 3. The summed E-state index contributed by atoms with van der Waals surface area (Å²) in [6.07, 6.45) is 2.03. The molecule has 0 radical (unpaired) electrons. The number of likely N-dealkylation sites (tertiary alicyclic amines) is 1. The van der Waals surface area contributed by atoms with Crippen LogP contribution in [-0.2, 0) is 0 Å². The Hall–Kier alpha value is -2.69. The Bertz CT molecular complexity index is 824. The van der Waals surface area contributed by atoms with Crippen LogP contribution in [0, 0.1) is 19.8 Å². The van der Waals surface area contributed by atoms with E-state index in [-0.39, 0.29) is 17.5 Å². The Kier molecular flexibility index (Phi) is 5.35. The highest BCUT2D eigenvalue weighted by Gasteiger charge is 2.23. The smallest absolute Gasteiger partial charge is 0.274 e. The Morgan fingerprint density at radius 1 is 1.04 bits per heavy atom. The average Bonchev–Trinajstić information content (AvgIpc) is 2.65. The highest BCUT2D eigenvalue weighted by atomic mass is 16.2. The Morgan fingerprint density at radius 3 is 2.42 bits per heavy atom. The lowest BCUT2D eigenvalue weighted by Crippen LogP contribution is -2.38. The van der Waals surface area contributed by atoms with Crippen LogP contribution >= 0.6 is 0 Å². The number of benzene rings is 1. The van der Waals surface area contributed by atoms with E-state index in [1.807, 2.05) is 36.9 Å². The molecule has 26 heavy (non-hydrogen) atoms. The van der Waals surface area contributed by atoms with Crippen molar-refractivity contribution < 1.29 is 9.59 Å². The maximum absolute atomic E-state index is 12.7. The molecule has 0 atom stereocenters. The molecule has 1 aliphatic heterocycles. The van der Waals surface area contributed by atoms with Crippen LogP contribution in [0.3, 0.4) is 0 Å². The van der Waals surface area contributed by atoms with Gasteiger partial charge in [0.05, 0.1) is 0 Å². The topological polar surface area (TPSA) is 62.3 Å². The van der Waals surface area contributed by atoms with Gasteiger partial charge in [-0.2, -0.15) is 0 Å². The first-order valence-electron chi connectivity index (χ1n) is 9.09. The molecule has 1 fully saturated rings. The number of carbonyl (C=O) groups excluding carboxylic acids is 2. The molecule has 0 unspecified atom stereocenters. The first-order valence-corrected chi connectivity index (χ1v) is 9.09. The van der Waals surface area contributed by atoms with E-state index >= 15 is 0 Å². The van der Waals surface area contributed by atoms with Crippen LogP contribution in [0.1, 0.15) is 51.9 Å². The van der Waals surface area contributed by atoms with Crippen molar-refractivity contribution >= 4 is 17.5 Å². The summed E-state index contributed by atoms with van der Waals surface area (Å²) in [5.74, 6) is 0.245. The molecule has 0 aliphatic carbocycles. The minimum atomic E-state index is -0.310. The third kappa shape index (κ3) is 4.10. The standard InChI is InChI=1S/C21H25N3O2/c1-14-9-11-24(12-10-14)21(26)19-6-4-5-18(23-19)20(25)22-17-8-7-15(2)16(3)13-17/h4-8,13-14H,9-12H2,1-3H3,(H,22,25). The van der Waals surface area contributed by atoms with E-state index in [0.29, 0.717) is 11.6 Å². The first kappa shape index (κ1) is 18.1. The molecule has 2 amide bonds. The van der Waals surface area contributed by atoms with Crippen LogP contribution in [0.2, 0.25) is 0 Å². The molecule has 0 spiro atoms. The van der Waals surface area contributed by atoms with Gasteiger partial charge in [-0.3, -0.25) is 9.59 Å². The van der Waals surface area contributed by atoms with Crippen molar-refractivity contribution in [1.29, 1.82) is 0 Å². The Morgan fingerprint density at radius 2 is 1.73 bits per heavy atom. The van der Waals surface area contributed by atoms with Crippen molar-refractivity contribution in [2.75, 3.05) is 18.4 Å². The average molecular weight is 351 g/mol. The van der Waals surface area contributed by atoms with Crippen LogP contribution in [0.25, 0.3) is 0 Å². The Labute approximate surface area is 154 Å². The normalized spacial score (nSPS) is 15.0. The van der Waals surface area contributed by atoms with Crippen LogP contribution in [-0.4, -0.2) is 34.8 Å². The lowest BCUT2D eigenvalue weighted by Gasteiger charge is -2.30. The summed E-state index contributed by atoms with van der Waals surface area (Å²) >= 11 is 0. The van der Waals surface area contributed by atoms with Gasteiger partial charge in [0, 0.05) is 18.8 Å². The maximum atomic E-state index is 12.7. The van der Waals surface area contributed by atoms with E-state index in [4.69, 9.17) is 0 Å². The van der Waals surface area contributed by atoms with Gasteiger partial charge in [0.2, 0.25) is 0 Å². The number of nitrogens with zero attached hydrogens (tertiary/aromatic N) is 2. The minimum absolute atomic E-state index is 0.0993. The zero-order valence-electron chi connectivity index (χ0n) is 15.6. The van der Waals surface area contributed by atoms with Crippen LogP contribution in [0.15, 0.2) is 36.4 Å². The quantitative estimate of drug-likeness (QED) is 0.914. The number of carbonyl (C=O) groups is 2. The molecular formula is C21H25N3O2. The van der Waals surface area contributed by atoms with E-state index in [2.05, 4.69) is 17.2 Å². The van der Waals surface area contributed by atoms with Gasteiger partial charge in [0.15, 0.2) is 0 Å². The molecular weight excluding hydrogens is 326 g/mol. The van der Waals surface area contributed by atoms with E-state index in [9.17, 15) is 9.59 Å². The summed E-state index contributed by atoms with van der Waals surface area (Å²) in [5.41, 5.74) is 3.58. The number of pyridine rings is 1. The molecule has 1 saturated heterocycles. The molecule has 0 saturated carbocycles. The number of aromatic nitrogens is 1. The fourth-order valence-corrected chi connectivity index (χ4v) is 3.07. The predicted octanol–water partition coefficient (Wildman–Crippen LogP) is 3.82. The third-order valence-corrected chi connectivity index (χ3v) is 5.04. The van der Waals surface area contributed by atoms with Gasteiger partial charge in [-0.15, -0.1) is 0 Å². The van der Waals surface area contributed by atoms with Crippen LogP contribution in [0.5, 0.6) is 0 Å². The second kappa shape index (κ2) is 7.68. The van der Waals surface area contributed by atoms with Gasteiger partial charge in [0.25, 0.3) is 11.8 Å². The van der Waals surface area contributed by atoms with Gasteiger partial charge in [0.1, 0.15) is 11.4 Å². The molecule has 1 N–H and O–H groups in total. The first-order chi connectivity index (χ1) is 12.4. The van der Waals surface area contributed by atoms with Crippen molar-refractivity contribution in [3.05, 3.63) is 58.9 Å².